The van der Waals surface area contributed by atoms with Crippen LogP contribution in [0.3, 0.4) is 0 Å². The van der Waals surface area contributed by atoms with Gasteiger partial charge in [-0.25, -0.2) is 0 Å². The Hall–Kier alpha value is -2.00. The number of hydrogen-bond acceptors (Lipinski definition) is 3. The molecule has 0 aromatic heterocycles. The van der Waals surface area contributed by atoms with Crippen molar-refractivity contribution in [1.29, 1.82) is 0 Å². The smallest absolute Gasteiger partial charge is 0.0367 e. The van der Waals surface area contributed by atoms with E-state index in [0.29, 0.717) is 5.92 Å². The summed E-state index contributed by atoms with van der Waals surface area (Å²) in [5, 5.41) is 0. The highest BCUT2D eigenvalue weighted by Gasteiger charge is 2.14. The lowest BCUT2D eigenvalue weighted by molar-refractivity contribution is 0.313. The molecule has 1 heterocycles. The molecule has 0 radical (unpaired) electrons. The Morgan fingerprint density at radius 2 is 1.48 bits per heavy atom. The van der Waals surface area contributed by atoms with Crippen LogP contribution in [-0.2, 0) is 0 Å². The fraction of sp³-hybridized carbons (Fsp3) is 0.400. The fourth-order valence-electron chi connectivity index (χ4n) is 3.18. The second-order valence-electron chi connectivity index (χ2n) is 6.84. The van der Waals surface area contributed by atoms with Gasteiger partial charge in [0.15, 0.2) is 0 Å². The van der Waals surface area contributed by atoms with Crippen molar-refractivity contribution in [2.24, 2.45) is 0 Å². The van der Waals surface area contributed by atoms with Gasteiger partial charge in [-0.2, -0.15) is 0 Å². The molecular formula is C20H27N3. The van der Waals surface area contributed by atoms with E-state index in [2.05, 4.69) is 67.1 Å². The van der Waals surface area contributed by atoms with Gasteiger partial charge in [-0.1, -0.05) is 32.0 Å². The number of hydrogen-bond donors (Lipinski definition) is 1. The van der Waals surface area contributed by atoms with Crippen LogP contribution in [0.1, 0.15) is 25.3 Å². The van der Waals surface area contributed by atoms with Crippen molar-refractivity contribution in [2.45, 2.75) is 19.8 Å². The molecular weight excluding hydrogens is 282 g/mol. The molecule has 0 unspecified atom stereocenters. The number of anilines is 2. The lowest BCUT2D eigenvalue weighted by Crippen LogP contribution is -2.44. The molecule has 0 amide bonds. The van der Waals surface area contributed by atoms with Crippen molar-refractivity contribution in [3.63, 3.8) is 0 Å². The van der Waals surface area contributed by atoms with Crippen molar-refractivity contribution in [1.82, 2.24) is 4.90 Å². The summed E-state index contributed by atoms with van der Waals surface area (Å²) in [7, 11) is 2.19. The second kappa shape index (κ2) is 6.63. The highest BCUT2D eigenvalue weighted by molar-refractivity contribution is 5.70. The van der Waals surface area contributed by atoms with Crippen LogP contribution in [0, 0.1) is 0 Å². The van der Waals surface area contributed by atoms with Gasteiger partial charge >= 0.3 is 0 Å². The molecule has 3 rings (SSSR count). The van der Waals surface area contributed by atoms with E-state index in [0.717, 1.165) is 31.9 Å². The van der Waals surface area contributed by atoms with Gasteiger partial charge in [-0.3, -0.25) is 0 Å². The van der Waals surface area contributed by atoms with Crippen LogP contribution >= 0.6 is 0 Å². The maximum atomic E-state index is 6.09. The number of rotatable bonds is 3. The van der Waals surface area contributed by atoms with E-state index in [1.165, 1.54) is 22.4 Å². The summed E-state index contributed by atoms with van der Waals surface area (Å²) in [6, 6.07) is 15.3. The Kier molecular flexibility index (Phi) is 4.58. The van der Waals surface area contributed by atoms with Crippen molar-refractivity contribution in [2.75, 3.05) is 43.9 Å². The van der Waals surface area contributed by atoms with Gasteiger partial charge in [0.05, 0.1) is 0 Å². The number of nitrogens with zero attached hydrogens (tertiary/aromatic N) is 2. The summed E-state index contributed by atoms with van der Waals surface area (Å²) in [6.07, 6.45) is 0. The molecule has 1 aliphatic heterocycles. The fourth-order valence-corrected chi connectivity index (χ4v) is 3.18. The van der Waals surface area contributed by atoms with E-state index in [4.69, 9.17) is 5.73 Å². The Balaban J connectivity index is 1.81. The van der Waals surface area contributed by atoms with Crippen molar-refractivity contribution < 1.29 is 0 Å². The monoisotopic (exact) mass is 309 g/mol. The minimum Gasteiger partial charge on any atom is -0.398 e. The standard InChI is InChI=1S/C20H27N3/c1-15(2)19-14-17(6-9-20(19)21)16-4-7-18(8-5-16)23-12-10-22(3)11-13-23/h4-9,14-15H,10-13,21H2,1-3H3. The molecule has 0 aliphatic carbocycles. The van der Waals surface area contributed by atoms with Crippen LogP contribution in [0.15, 0.2) is 42.5 Å². The van der Waals surface area contributed by atoms with Crippen LogP contribution in [0.25, 0.3) is 11.1 Å². The average Bonchev–Trinajstić information content (AvgIpc) is 2.56. The minimum absolute atomic E-state index is 0.444. The average molecular weight is 309 g/mol. The van der Waals surface area contributed by atoms with Crippen molar-refractivity contribution >= 4 is 11.4 Å². The molecule has 2 aromatic carbocycles. The maximum Gasteiger partial charge on any atom is 0.0367 e. The Bertz CT molecular complexity index is 653. The quantitative estimate of drug-likeness (QED) is 0.875. The largest absolute Gasteiger partial charge is 0.398 e. The molecule has 3 heteroatoms. The zero-order valence-electron chi connectivity index (χ0n) is 14.4. The molecule has 23 heavy (non-hydrogen) atoms. The van der Waals surface area contributed by atoms with Gasteiger partial charge in [-0.15, -0.1) is 0 Å². The summed E-state index contributed by atoms with van der Waals surface area (Å²) >= 11 is 0. The number of benzene rings is 2. The molecule has 0 saturated carbocycles. The highest BCUT2D eigenvalue weighted by Crippen LogP contribution is 2.29. The van der Waals surface area contributed by atoms with Gasteiger partial charge in [-0.05, 0) is 53.9 Å². The van der Waals surface area contributed by atoms with E-state index in [9.17, 15) is 0 Å². The Morgan fingerprint density at radius 3 is 2.09 bits per heavy atom. The van der Waals surface area contributed by atoms with Gasteiger partial charge < -0.3 is 15.5 Å². The summed E-state index contributed by atoms with van der Waals surface area (Å²) in [5.41, 5.74) is 12.0. The summed E-state index contributed by atoms with van der Waals surface area (Å²) in [6.45, 7) is 8.86. The van der Waals surface area contributed by atoms with Crippen LogP contribution in [0.2, 0.25) is 0 Å². The van der Waals surface area contributed by atoms with E-state index < -0.39 is 0 Å². The maximum absolute atomic E-state index is 6.09. The topological polar surface area (TPSA) is 32.5 Å². The molecule has 122 valence electrons. The van der Waals surface area contributed by atoms with E-state index >= 15 is 0 Å². The van der Waals surface area contributed by atoms with Crippen LogP contribution in [0.5, 0.6) is 0 Å². The normalized spacial score (nSPS) is 16.1. The van der Waals surface area contributed by atoms with Gasteiger partial charge in [0.25, 0.3) is 0 Å². The molecule has 0 bridgehead atoms. The summed E-state index contributed by atoms with van der Waals surface area (Å²) in [4.78, 5) is 4.85. The number of nitrogen functional groups attached to an aromatic ring is 1. The Morgan fingerprint density at radius 1 is 0.870 bits per heavy atom. The third-order valence-electron chi connectivity index (χ3n) is 4.78. The van der Waals surface area contributed by atoms with Gasteiger partial charge in [0.1, 0.15) is 0 Å². The third-order valence-corrected chi connectivity index (χ3v) is 4.78. The molecule has 1 saturated heterocycles. The first-order valence-corrected chi connectivity index (χ1v) is 8.48. The molecule has 2 aromatic rings. The van der Waals surface area contributed by atoms with Crippen LogP contribution in [0.4, 0.5) is 11.4 Å². The van der Waals surface area contributed by atoms with Crippen LogP contribution in [-0.4, -0.2) is 38.1 Å². The third kappa shape index (κ3) is 3.50. The summed E-state index contributed by atoms with van der Waals surface area (Å²) in [5.74, 6) is 0.444. The lowest BCUT2D eigenvalue weighted by Gasteiger charge is -2.34. The SMILES string of the molecule is CC(C)c1cc(-c2ccc(N3CCN(C)CC3)cc2)ccc1N. The van der Waals surface area contributed by atoms with E-state index in [1.54, 1.807) is 0 Å². The lowest BCUT2D eigenvalue weighted by atomic mass is 9.95. The van der Waals surface area contributed by atoms with Crippen LogP contribution < -0.4 is 10.6 Å². The molecule has 1 fully saturated rings. The molecule has 0 spiro atoms. The predicted octanol–water partition coefficient (Wildman–Crippen LogP) is 3.81. The molecule has 2 N–H and O–H groups in total. The first kappa shape index (κ1) is 15.9. The summed E-state index contributed by atoms with van der Waals surface area (Å²) < 4.78 is 0. The zero-order valence-corrected chi connectivity index (χ0v) is 14.4. The van der Waals surface area contributed by atoms with E-state index in [-0.39, 0.29) is 0 Å². The minimum atomic E-state index is 0.444. The number of piperazine rings is 1. The van der Waals surface area contributed by atoms with Crippen molar-refractivity contribution in [3.8, 4) is 11.1 Å². The second-order valence-corrected chi connectivity index (χ2v) is 6.84. The van der Waals surface area contributed by atoms with Gasteiger partial charge in [0.2, 0.25) is 0 Å². The van der Waals surface area contributed by atoms with E-state index in [1.807, 2.05) is 6.07 Å². The highest BCUT2D eigenvalue weighted by atomic mass is 15.2. The molecule has 0 atom stereocenters. The number of likely N-dealkylation sites (N-methyl/N-ethyl adjacent to an activating group) is 1. The first-order valence-electron chi connectivity index (χ1n) is 8.48. The predicted molar refractivity (Wildman–Crippen MR) is 100 cm³/mol. The zero-order chi connectivity index (χ0) is 16.4. The first-order chi connectivity index (χ1) is 11.0. The van der Waals surface area contributed by atoms with Gasteiger partial charge in [0, 0.05) is 37.6 Å². The van der Waals surface area contributed by atoms with Crippen molar-refractivity contribution in [3.05, 3.63) is 48.0 Å². The Labute approximate surface area is 139 Å². The molecule has 1 aliphatic rings. The molecule has 3 nitrogen and oxygen atoms in total. The number of nitrogens with two attached hydrogens (primary N) is 1.